The van der Waals surface area contributed by atoms with Gasteiger partial charge in [-0.1, -0.05) is 0 Å². The number of aromatic nitrogens is 1. The van der Waals surface area contributed by atoms with E-state index in [9.17, 15) is 9.59 Å². The van der Waals surface area contributed by atoms with Crippen molar-refractivity contribution >= 4 is 20.5 Å². The van der Waals surface area contributed by atoms with Crippen LogP contribution in [-0.4, -0.2) is 32.1 Å². The van der Waals surface area contributed by atoms with Gasteiger partial charge in [0, 0.05) is 0 Å². The van der Waals surface area contributed by atoms with Crippen LogP contribution in [0.1, 0.15) is 17.1 Å². The van der Waals surface area contributed by atoms with Gasteiger partial charge in [-0.2, -0.15) is 0 Å². The summed E-state index contributed by atoms with van der Waals surface area (Å²) in [7, 11) is 0. The molecular formula is C8H11NO3Se. The second kappa shape index (κ2) is 4.44. The summed E-state index contributed by atoms with van der Waals surface area (Å²) in [5.74, 6) is -0.275. The molecular weight excluding hydrogens is 237 g/mol. The molecule has 4 nitrogen and oxygen atoms in total. The van der Waals surface area contributed by atoms with Crippen LogP contribution in [0, 0.1) is 6.92 Å². The van der Waals surface area contributed by atoms with E-state index in [-0.39, 0.29) is 24.9 Å². The van der Waals surface area contributed by atoms with Crippen molar-refractivity contribution in [2.45, 2.75) is 20.3 Å². The number of nitrogens with one attached hydrogen (secondary N) is 1. The van der Waals surface area contributed by atoms with Gasteiger partial charge in [0.25, 0.3) is 0 Å². The molecule has 1 aromatic heterocycles. The van der Waals surface area contributed by atoms with Crippen LogP contribution < -0.4 is 4.43 Å². The number of aromatic amines is 1. The molecule has 0 aliphatic carbocycles. The number of aryl methyl sites for hydroxylation is 1. The first-order chi connectivity index (χ1) is 6.09. The molecule has 1 aromatic rings. The van der Waals surface area contributed by atoms with Crippen molar-refractivity contribution in [3.63, 3.8) is 0 Å². The first-order valence-corrected chi connectivity index (χ1v) is 5.63. The molecule has 1 heterocycles. The fraction of sp³-hybridized carbons (Fsp3) is 0.500. The second-order valence-corrected chi connectivity index (χ2v) is 4.89. The summed E-state index contributed by atoms with van der Waals surface area (Å²) < 4.78 is 5.97. The molecule has 0 spiro atoms. The average molecular weight is 248 g/mol. The van der Waals surface area contributed by atoms with Crippen LogP contribution in [0.4, 0.5) is 0 Å². The van der Waals surface area contributed by atoms with Gasteiger partial charge in [-0.25, -0.2) is 0 Å². The normalized spacial score (nSPS) is 10.0. The van der Waals surface area contributed by atoms with Crippen molar-refractivity contribution < 1.29 is 9.53 Å². The molecule has 0 saturated heterocycles. The predicted octanol–water partition coefficient (Wildman–Crippen LogP) is -0.154. The number of H-pyrrole nitrogens is 1. The van der Waals surface area contributed by atoms with Gasteiger partial charge in [0.05, 0.1) is 0 Å². The van der Waals surface area contributed by atoms with E-state index >= 15 is 0 Å². The van der Waals surface area contributed by atoms with Crippen molar-refractivity contribution in [3.8, 4) is 0 Å². The quantitative estimate of drug-likeness (QED) is 0.597. The third kappa shape index (κ3) is 3.20. The van der Waals surface area contributed by atoms with E-state index in [0.717, 1.165) is 10.1 Å². The van der Waals surface area contributed by atoms with E-state index in [2.05, 4.69) is 4.98 Å². The van der Waals surface area contributed by atoms with Gasteiger partial charge in [-0.05, 0) is 0 Å². The van der Waals surface area contributed by atoms with Gasteiger partial charge < -0.3 is 0 Å². The molecule has 1 N–H and O–H groups in total. The van der Waals surface area contributed by atoms with Gasteiger partial charge in [0.2, 0.25) is 0 Å². The number of carbonyl (C=O) groups excluding carboxylic acids is 1. The average Bonchev–Trinajstić information content (AvgIpc) is 2.29. The summed E-state index contributed by atoms with van der Waals surface area (Å²) >= 11 is -0.107. The Morgan fingerprint density at radius 1 is 1.62 bits per heavy atom. The third-order valence-electron chi connectivity index (χ3n) is 1.56. The summed E-state index contributed by atoms with van der Waals surface area (Å²) in [4.78, 5) is 24.1. The number of carbonyl (C=O) groups is 1. The van der Waals surface area contributed by atoms with E-state index in [1.165, 1.54) is 6.92 Å². The summed E-state index contributed by atoms with van der Waals surface area (Å²) in [6.07, 6.45) is 0.671. The maximum absolute atomic E-state index is 10.9. The SMILES string of the molecule is CC(=O)OCCc1[se]c(=O)[nH]c1C. The van der Waals surface area contributed by atoms with Crippen LogP contribution in [0.3, 0.4) is 0 Å². The van der Waals surface area contributed by atoms with Gasteiger partial charge in [-0.15, -0.1) is 0 Å². The Labute approximate surface area is 81.7 Å². The molecule has 0 saturated carbocycles. The fourth-order valence-corrected chi connectivity index (χ4v) is 2.68. The molecule has 13 heavy (non-hydrogen) atoms. The zero-order valence-electron chi connectivity index (χ0n) is 7.55. The van der Waals surface area contributed by atoms with Crippen LogP contribution >= 0.6 is 0 Å². The van der Waals surface area contributed by atoms with Crippen molar-refractivity contribution in [3.05, 3.63) is 19.4 Å². The first kappa shape index (κ1) is 10.3. The van der Waals surface area contributed by atoms with E-state index in [4.69, 9.17) is 4.74 Å². The summed E-state index contributed by atoms with van der Waals surface area (Å²) in [6, 6.07) is 0. The molecule has 0 radical (unpaired) electrons. The number of rotatable bonds is 3. The van der Waals surface area contributed by atoms with Crippen LogP contribution in [0.25, 0.3) is 0 Å². The summed E-state index contributed by atoms with van der Waals surface area (Å²) in [6.45, 7) is 3.62. The minimum absolute atomic E-state index is 0.0859. The molecule has 0 bridgehead atoms. The zero-order chi connectivity index (χ0) is 9.84. The Morgan fingerprint density at radius 3 is 2.77 bits per heavy atom. The minimum atomic E-state index is -0.275. The monoisotopic (exact) mass is 249 g/mol. The molecule has 5 heteroatoms. The molecule has 1 rings (SSSR count). The number of hydrogen-bond acceptors (Lipinski definition) is 3. The molecule has 0 aliphatic rings. The molecule has 72 valence electrons. The molecule has 0 aromatic carbocycles. The molecule has 0 atom stereocenters. The maximum atomic E-state index is 10.9. The topological polar surface area (TPSA) is 59.2 Å². The first-order valence-electron chi connectivity index (χ1n) is 3.91. The standard InChI is InChI=1S/C8H11NO3Se/c1-5-7(13-8(11)9-5)3-4-12-6(2)10/h3-4H2,1-2H3,(H,9,11). The number of ether oxygens (including phenoxy) is 1. The zero-order valence-corrected chi connectivity index (χ0v) is 9.26. The van der Waals surface area contributed by atoms with Crippen molar-refractivity contribution in [2.75, 3.05) is 6.61 Å². The van der Waals surface area contributed by atoms with Gasteiger partial charge in [-0.3, -0.25) is 0 Å². The van der Waals surface area contributed by atoms with Crippen LogP contribution in [-0.2, 0) is 16.0 Å². The van der Waals surface area contributed by atoms with E-state index < -0.39 is 0 Å². The van der Waals surface area contributed by atoms with E-state index in [1.54, 1.807) is 0 Å². The molecule has 0 aliphatic heterocycles. The Hall–Kier alpha value is -0.801. The Kier molecular flexibility index (Phi) is 3.51. The van der Waals surface area contributed by atoms with Gasteiger partial charge >= 0.3 is 81.2 Å². The Bertz CT molecular complexity index is 353. The van der Waals surface area contributed by atoms with E-state index in [1.807, 2.05) is 6.92 Å². The second-order valence-electron chi connectivity index (χ2n) is 2.65. The molecule has 0 amide bonds. The Balaban J connectivity index is 2.50. The third-order valence-corrected chi connectivity index (χ3v) is 3.75. The van der Waals surface area contributed by atoms with Crippen LogP contribution in [0.5, 0.6) is 0 Å². The fourth-order valence-electron chi connectivity index (χ4n) is 0.963. The Morgan fingerprint density at radius 2 is 2.31 bits per heavy atom. The van der Waals surface area contributed by atoms with Crippen molar-refractivity contribution in [1.29, 1.82) is 0 Å². The number of esters is 1. The van der Waals surface area contributed by atoms with Gasteiger partial charge in [0.15, 0.2) is 0 Å². The van der Waals surface area contributed by atoms with Gasteiger partial charge in [0.1, 0.15) is 0 Å². The predicted molar refractivity (Wildman–Crippen MR) is 49.1 cm³/mol. The summed E-state index contributed by atoms with van der Waals surface area (Å²) in [5, 5.41) is 0. The van der Waals surface area contributed by atoms with Crippen molar-refractivity contribution in [2.24, 2.45) is 0 Å². The van der Waals surface area contributed by atoms with E-state index in [0.29, 0.717) is 13.0 Å². The van der Waals surface area contributed by atoms with Crippen LogP contribution in [0.15, 0.2) is 4.79 Å². The summed E-state index contributed by atoms with van der Waals surface area (Å²) in [5.41, 5.74) is 0.928. The molecule has 0 fully saturated rings. The van der Waals surface area contributed by atoms with Crippen LogP contribution in [0.2, 0.25) is 0 Å². The van der Waals surface area contributed by atoms with Crippen molar-refractivity contribution in [1.82, 2.24) is 4.98 Å². The number of hydrogen-bond donors (Lipinski definition) is 1. The molecule has 0 unspecified atom stereocenters.